The summed E-state index contributed by atoms with van der Waals surface area (Å²) in [5.41, 5.74) is 0.477. The van der Waals surface area contributed by atoms with Crippen LogP contribution in [-0.4, -0.2) is 33.5 Å². The lowest BCUT2D eigenvalue weighted by molar-refractivity contribution is 0.0710. The third kappa shape index (κ3) is 2.69. The molecule has 6 heteroatoms. The summed E-state index contributed by atoms with van der Waals surface area (Å²) < 4.78 is 27.2. The molecule has 1 aromatic carbocycles. The van der Waals surface area contributed by atoms with Gasteiger partial charge in [-0.2, -0.15) is 0 Å². The molecule has 0 bridgehead atoms. The minimum Gasteiger partial charge on any atom is -0.391 e. The number of halogens is 2. The van der Waals surface area contributed by atoms with Gasteiger partial charge >= 0.3 is 0 Å². The molecule has 0 radical (unpaired) electrons. The van der Waals surface area contributed by atoms with E-state index in [0.29, 0.717) is 12.0 Å². The summed E-state index contributed by atoms with van der Waals surface area (Å²) in [5.74, 6) is -1.67. The SMILES string of the molecule is O=C(c1ccncc1F)N1CC(O)CC1c1cccc(F)c1. The maximum atomic E-state index is 13.8. The van der Waals surface area contributed by atoms with Gasteiger partial charge in [-0.25, -0.2) is 8.78 Å². The Morgan fingerprint density at radius 2 is 2.14 bits per heavy atom. The van der Waals surface area contributed by atoms with Gasteiger partial charge in [0.25, 0.3) is 5.91 Å². The second-order valence-corrected chi connectivity index (χ2v) is 5.27. The molecule has 1 amide bonds. The molecule has 114 valence electrons. The Kier molecular flexibility index (Phi) is 3.85. The van der Waals surface area contributed by atoms with E-state index in [1.54, 1.807) is 12.1 Å². The molecule has 0 spiro atoms. The minimum atomic E-state index is -0.720. The van der Waals surface area contributed by atoms with Gasteiger partial charge in [-0.05, 0) is 30.2 Å². The first-order valence-corrected chi connectivity index (χ1v) is 6.90. The number of hydrogen-bond acceptors (Lipinski definition) is 3. The van der Waals surface area contributed by atoms with Crippen molar-refractivity contribution in [1.29, 1.82) is 0 Å². The van der Waals surface area contributed by atoms with Crippen molar-refractivity contribution >= 4 is 5.91 Å². The molecule has 1 fully saturated rings. The molecular formula is C16H14F2N2O2. The van der Waals surface area contributed by atoms with Crippen molar-refractivity contribution in [2.45, 2.75) is 18.6 Å². The summed E-state index contributed by atoms with van der Waals surface area (Å²) in [4.78, 5) is 17.5. The molecule has 22 heavy (non-hydrogen) atoms. The standard InChI is InChI=1S/C16H14F2N2O2/c17-11-3-1-2-10(6-11)15-7-12(21)9-20(15)16(22)13-4-5-19-8-14(13)18/h1-6,8,12,15,21H,7,9H2. The van der Waals surface area contributed by atoms with E-state index in [0.717, 1.165) is 6.20 Å². The Labute approximate surface area is 126 Å². The average Bonchev–Trinajstić information content (AvgIpc) is 2.89. The molecule has 0 aliphatic carbocycles. The van der Waals surface area contributed by atoms with Crippen LogP contribution in [-0.2, 0) is 0 Å². The average molecular weight is 304 g/mol. The molecule has 1 N–H and O–H groups in total. The third-order valence-electron chi connectivity index (χ3n) is 3.78. The molecule has 1 saturated heterocycles. The van der Waals surface area contributed by atoms with Crippen molar-refractivity contribution in [3.8, 4) is 0 Å². The first-order valence-electron chi connectivity index (χ1n) is 6.90. The number of benzene rings is 1. The van der Waals surface area contributed by atoms with Gasteiger partial charge in [-0.15, -0.1) is 0 Å². The molecule has 0 saturated carbocycles. The number of nitrogens with zero attached hydrogens (tertiary/aromatic N) is 2. The summed E-state index contributed by atoms with van der Waals surface area (Å²) in [6.07, 6.45) is 1.88. The third-order valence-corrected chi connectivity index (χ3v) is 3.78. The normalized spacial score (nSPS) is 21.1. The summed E-state index contributed by atoms with van der Waals surface area (Å²) in [6.45, 7) is 0.0851. The maximum Gasteiger partial charge on any atom is 0.257 e. The number of β-amino-alcohol motifs (C(OH)–C–C–N with tert-alkyl or cyclic N) is 1. The first kappa shape index (κ1) is 14.6. The van der Waals surface area contributed by atoms with Crippen LogP contribution in [0.3, 0.4) is 0 Å². The first-order chi connectivity index (χ1) is 10.6. The zero-order valence-corrected chi connectivity index (χ0v) is 11.6. The largest absolute Gasteiger partial charge is 0.391 e. The highest BCUT2D eigenvalue weighted by molar-refractivity contribution is 5.94. The van der Waals surface area contributed by atoms with Gasteiger partial charge in [0.1, 0.15) is 5.82 Å². The number of carbonyl (C=O) groups is 1. The highest BCUT2D eigenvalue weighted by Crippen LogP contribution is 2.33. The van der Waals surface area contributed by atoms with Crippen LogP contribution in [0.15, 0.2) is 42.7 Å². The van der Waals surface area contributed by atoms with Gasteiger partial charge in [-0.3, -0.25) is 9.78 Å². The van der Waals surface area contributed by atoms with Crippen LogP contribution in [0.4, 0.5) is 8.78 Å². The van der Waals surface area contributed by atoms with E-state index in [1.807, 2.05) is 0 Å². The molecule has 2 aromatic rings. The van der Waals surface area contributed by atoms with Gasteiger partial charge in [0, 0.05) is 12.7 Å². The van der Waals surface area contributed by atoms with Crippen molar-refractivity contribution in [3.05, 3.63) is 65.5 Å². The zero-order valence-electron chi connectivity index (χ0n) is 11.6. The van der Waals surface area contributed by atoms with Gasteiger partial charge in [0.2, 0.25) is 0 Å². The lowest BCUT2D eigenvalue weighted by atomic mass is 10.0. The van der Waals surface area contributed by atoms with Crippen molar-refractivity contribution in [3.63, 3.8) is 0 Å². The van der Waals surface area contributed by atoms with E-state index < -0.39 is 29.7 Å². The number of carbonyl (C=O) groups excluding carboxylic acids is 1. The Morgan fingerprint density at radius 1 is 1.32 bits per heavy atom. The van der Waals surface area contributed by atoms with Crippen LogP contribution in [0.5, 0.6) is 0 Å². The topological polar surface area (TPSA) is 53.4 Å². The smallest absolute Gasteiger partial charge is 0.257 e. The molecule has 1 aliphatic heterocycles. The molecule has 2 unspecified atom stereocenters. The van der Waals surface area contributed by atoms with Crippen LogP contribution in [0.25, 0.3) is 0 Å². The zero-order chi connectivity index (χ0) is 15.7. The van der Waals surface area contributed by atoms with Gasteiger partial charge in [0.05, 0.1) is 23.9 Å². The lowest BCUT2D eigenvalue weighted by Crippen LogP contribution is -2.32. The highest BCUT2D eigenvalue weighted by Gasteiger charge is 2.36. The number of amides is 1. The summed E-state index contributed by atoms with van der Waals surface area (Å²) in [6, 6.07) is 6.69. The molecule has 2 heterocycles. The van der Waals surface area contributed by atoms with E-state index in [4.69, 9.17) is 0 Å². The van der Waals surface area contributed by atoms with Crippen LogP contribution in [0, 0.1) is 11.6 Å². The van der Waals surface area contributed by atoms with E-state index >= 15 is 0 Å². The monoisotopic (exact) mass is 304 g/mol. The summed E-state index contributed by atoms with van der Waals surface area (Å²) >= 11 is 0. The van der Waals surface area contributed by atoms with E-state index in [2.05, 4.69) is 4.98 Å². The number of rotatable bonds is 2. The quantitative estimate of drug-likeness (QED) is 0.926. The van der Waals surface area contributed by atoms with Crippen LogP contribution >= 0.6 is 0 Å². The predicted molar refractivity (Wildman–Crippen MR) is 75.0 cm³/mol. The molecule has 4 nitrogen and oxygen atoms in total. The fourth-order valence-electron chi connectivity index (χ4n) is 2.77. The number of aliphatic hydroxyl groups excluding tert-OH is 1. The van der Waals surface area contributed by atoms with Crippen LogP contribution in [0.2, 0.25) is 0 Å². The predicted octanol–water partition coefficient (Wildman–Crippen LogP) is 2.31. The maximum absolute atomic E-state index is 13.8. The number of aliphatic hydroxyl groups is 1. The number of pyridine rings is 1. The van der Waals surface area contributed by atoms with Crippen LogP contribution < -0.4 is 0 Å². The van der Waals surface area contributed by atoms with Gasteiger partial charge < -0.3 is 10.0 Å². The van der Waals surface area contributed by atoms with Crippen molar-refractivity contribution in [2.24, 2.45) is 0 Å². The second-order valence-electron chi connectivity index (χ2n) is 5.27. The summed E-state index contributed by atoms with van der Waals surface area (Å²) in [5, 5.41) is 9.87. The molecule has 3 rings (SSSR count). The lowest BCUT2D eigenvalue weighted by Gasteiger charge is -2.25. The fourth-order valence-corrected chi connectivity index (χ4v) is 2.77. The highest BCUT2D eigenvalue weighted by atomic mass is 19.1. The molecule has 1 aliphatic rings. The molecule has 1 aromatic heterocycles. The summed E-state index contributed by atoms with van der Waals surface area (Å²) in [7, 11) is 0. The Balaban J connectivity index is 1.94. The molecule has 2 atom stereocenters. The Hall–Kier alpha value is -2.34. The number of likely N-dealkylation sites (tertiary alicyclic amines) is 1. The van der Waals surface area contributed by atoms with E-state index in [-0.39, 0.29) is 12.1 Å². The number of aromatic nitrogens is 1. The number of hydrogen-bond donors (Lipinski definition) is 1. The van der Waals surface area contributed by atoms with Gasteiger partial charge in [0.15, 0.2) is 5.82 Å². The second kappa shape index (κ2) is 5.81. The Bertz CT molecular complexity index is 708. The molecular weight excluding hydrogens is 290 g/mol. The van der Waals surface area contributed by atoms with Crippen molar-refractivity contribution in [1.82, 2.24) is 9.88 Å². The Morgan fingerprint density at radius 3 is 2.86 bits per heavy atom. The minimum absolute atomic E-state index is 0.0851. The van der Waals surface area contributed by atoms with Crippen LogP contribution in [0.1, 0.15) is 28.4 Å². The van der Waals surface area contributed by atoms with E-state index in [9.17, 15) is 18.7 Å². The van der Waals surface area contributed by atoms with Crippen molar-refractivity contribution in [2.75, 3.05) is 6.54 Å². The fraction of sp³-hybridized carbons (Fsp3) is 0.250. The van der Waals surface area contributed by atoms with Gasteiger partial charge in [-0.1, -0.05) is 12.1 Å². The van der Waals surface area contributed by atoms with E-state index in [1.165, 1.54) is 29.3 Å². The van der Waals surface area contributed by atoms with Crippen molar-refractivity contribution < 1.29 is 18.7 Å².